The minimum atomic E-state index is 0.325. The maximum atomic E-state index is 5.50. The molecule has 1 heterocycles. The molecule has 0 bridgehead atoms. The van der Waals surface area contributed by atoms with Crippen LogP contribution in [-0.2, 0) is 4.74 Å². The van der Waals surface area contributed by atoms with Gasteiger partial charge in [-0.1, -0.05) is 6.08 Å². The molecule has 2 unspecified atom stereocenters. The normalized spacial score (nSPS) is 25.6. The van der Waals surface area contributed by atoms with E-state index in [2.05, 4.69) is 12.0 Å². The molecule has 0 aromatic heterocycles. The van der Waals surface area contributed by atoms with E-state index < -0.39 is 0 Å². The Balaban J connectivity index is 2.20. The first kappa shape index (κ1) is 9.71. The van der Waals surface area contributed by atoms with E-state index in [-0.39, 0.29) is 0 Å². The van der Waals surface area contributed by atoms with Crippen LogP contribution in [0.15, 0.2) is 12.7 Å². The number of hydrazine groups is 1. The topological polar surface area (TPSA) is 47.3 Å². The zero-order valence-electron chi connectivity index (χ0n) is 7.46. The largest absolute Gasteiger partial charge is 0.378 e. The van der Waals surface area contributed by atoms with Crippen molar-refractivity contribution in [3.05, 3.63) is 12.7 Å². The lowest BCUT2D eigenvalue weighted by Crippen LogP contribution is -2.37. The van der Waals surface area contributed by atoms with Crippen molar-refractivity contribution in [2.45, 2.75) is 37.8 Å². The van der Waals surface area contributed by atoms with Gasteiger partial charge in [0.1, 0.15) is 0 Å². The fourth-order valence-corrected chi connectivity index (χ4v) is 1.58. The molecular weight excluding hydrogens is 152 g/mol. The van der Waals surface area contributed by atoms with Crippen LogP contribution in [0.2, 0.25) is 0 Å². The van der Waals surface area contributed by atoms with Gasteiger partial charge in [-0.3, -0.25) is 11.3 Å². The van der Waals surface area contributed by atoms with Crippen LogP contribution in [0.5, 0.6) is 0 Å². The highest BCUT2D eigenvalue weighted by atomic mass is 16.5. The van der Waals surface area contributed by atoms with Crippen molar-refractivity contribution in [1.29, 1.82) is 0 Å². The highest BCUT2D eigenvalue weighted by Crippen LogP contribution is 2.17. The molecule has 12 heavy (non-hydrogen) atoms. The zero-order chi connectivity index (χ0) is 8.81. The van der Waals surface area contributed by atoms with Gasteiger partial charge in [0, 0.05) is 12.6 Å². The van der Waals surface area contributed by atoms with Crippen molar-refractivity contribution < 1.29 is 4.74 Å². The molecule has 1 aliphatic rings. The Labute approximate surface area is 73.9 Å². The quantitative estimate of drug-likeness (QED) is 0.367. The number of rotatable bonds is 5. The van der Waals surface area contributed by atoms with Crippen molar-refractivity contribution in [3.63, 3.8) is 0 Å². The first-order chi connectivity index (χ1) is 5.86. The molecule has 0 aromatic carbocycles. The van der Waals surface area contributed by atoms with E-state index in [1.54, 1.807) is 0 Å². The Morgan fingerprint density at radius 1 is 1.75 bits per heavy atom. The summed E-state index contributed by atoms with van der Waals surface area (Å²) in [6, 6.07) is 0.325. The summed E-state index contributed by atoms with van der Waals surface area (Å²) in [5, 5.41) is 0. The minimum Gasteiger partial charge on any atom is -0.378 e. The van der Waals surface area contributed by atoms with Gasteiger partial charge in [0.25, 0.3) is 0 Å². The second kappa shape index (κ2) is 5.30. The van der Waals surface area contributed by atoms with E-state index in [0.29, 0.717) is 12.1 Å². The van der Waals surface area contributed by atoms with Gasteiger partial charge in [-0.15, -0.1) is 6.58 Å². The van der Waals surface area contributed by atoms with Crippen LogP contribution in [0.25, 0.3) is 0 Å². The predicted molar refractivity (Wildman–Crippen MR) is 49.5 cm³/mol. The molecule has 0 saturated carbocycles. The van der Waals surface area contributed by atoms with Crippen LogP contribution in [0.3, 0.4) is 0 Å². The third-order valence-corrected chi connectivity index (χ3v) is 2.26. The molecule has 2 atom stereocenters. The zero-order valence-corrected chi connectivity index (χ0v) is 7.46. The van der Waals surface area contributed by atoms with Crippen molar-refractivity contribution >= 4 is 0 Å². The fraction of sp³-hybridized carbons (Fsp3) is 0.778. The Morgan fingerprint density at radius 2 is 2.58 bits per heavy atom. The Bertz CT molecular complexity index is 132. The van der Waals surface area contributed by atoms with Crippen LogP contribution in [0.4, 0.5) is 0 Å². The average Bonchev–Trinajstić information content (AvgIpc) is 2.56. The van der Waals surface area contributed by atoms with Crippen LogP contribution in [0, 0.1) is 0 Å². The second-order valence-corrected chi connectivity index (χ2v) is 3.26. The minimum absolute atomic E-state index is 0.325. The van der Waals surface area contributed by atoms with Gasteiger partial charge in [0.15, 0.2) is 0 Å². The number of nitrogens with one attached hydrogen (secondary N) is 1. The maximum Gasteiger partial charge on any atom is 0.0591 e. The van der Waals surface area contributed by atoms with E-state index in [0.717, 1.165) is 19.4 Å². The Kier molecular flexibility index (Phi) is 4.29. The van der Waals surface area contributed by atoms with E-state index in [9.17, 15) is 0 Å². The van der Waals surface area contributed by atoms with E-state index >= 15 is 0 Å². The van der Waals surface area contributed by atoms with E-state index in [4.69, 9.17) is 10.6 Å². The summed E-state index contributed by atoms with van der Waals surface area (Å²) in [7, 11) is 0. The molecule has 0 radical (unpaired) electrons. The van der Waals surface area contributed by atoms with E-state index in [1.165, 1.54) is 12.8 Å². The monoisotopic (exact) mass is 170 g/mol. The third-order valence-electron chi connectivity index (χ3n) is 2.26. The molecule has 0 spiro atoms. The molecule has 3 nitrogen and oxygen atoms in total. The lowest BCUT2D eigenvalue weighted by molar-refractivity contribution is 0.0949. The summed E-state index contributed by atoms with van der Waals surface area (Å²) in [4.78, 5) is 0. The van der Waals surface area contributed by atoms with Crippen molar-refractivity contribution in [1.82, 2.24) is 5.43 Å². The molecule has 0 amide bonds. The van der Waals surface area contributed by atoms with Crippen molar-refractivity contribution in [2.75, 3.05) is 6.61 Å². The maximum absolute atomic E-state index is 5.50. The summed E-state index contributed by atoms with van der Waals surface area (Å²) >= 11 is 0. The number of ether oxygens (including phenoxy) is 1. The predicted octanol–water partition coefficient (Wildman–Crippen LogP) is 0.964. The van der Waals surface area contributed by atoms with Crippen molar-refractivity contribution in [3.8, 4) is 0 Å². The molecule has 0 aliphatic carbocycles. The first-order valence-corrected chi connectivity index (χ1v) is 4.55. The molecule has 1 fully saturated rings. The van der Waals surface area contributed by atoms with Gasteiger partial charge in [0.05, 0.1) is 6.10 Å². The molecule has 70 valence electrons. The number of hydrogen-bond donors (Lipinski definition) is 2. The molecule has 0 aromatic rings. The summed E-state index contributed by atoms with van der Waals surface area (Å²) in [5.41, 5.74) is 2.78. The molecule has 1 rings (SSSR count). The first-order valence-electron chi connectivity index (χ1n) is 4.55. The average molecular weight is 170 g/mol. The SMILES string of the molecule is C=CCC(CC1CCCO1)NN. The molecule has 1 saturated heterocycles. The summed E-state index contributed by atoms with van der Waals surface area (Å²) < 4.78 is 5.50. The highest BCUT2D eigenvalue weighted by Gasteiger charge is 2.18. The lowest BCUT2D eigenvalue weighted by Gasteiger charge is -2.17. The summed E-state index contributed by atoms with van der Waals surface area (Å²) in [5.74, 6) is 5.38. The lowest BCUT2D eigenvalue weighted by atomic mass is 10.0. The smallest absolute Gasteiger partial charge is 0.0591 e. The van der Waals surface area contributed by atoms with Gasteiger partial charge in [-0.05, 0) is 25.7 Å². The van der Waals surface area contributed by atoms with Gasteiger partial charge >= 0.3 is 0 Å². The van der Waals surface area contributed by atoms with E-state index in [1.807, 2.05) is 6.08 Å². The molecular formula is C9H18N2O. The Hall–Kier alpha value is -0.380. The van der Waals surface area contributed by atoms with Gasteiger partial charge in [-0.25, -0.2) is 0 Å². The molecule has 3 heteroatoms. The Morgan fingerprint density at radius 3 is 3.08 bits per heavy atom. The van der Waals surface area contributed by atoms with Crippen LogP contribution >= 0.6 is 0 Å². The second-order valence-electron chi connectivity index (χ2n) is 3.26. The highest BCUT2D eigenvalue weighted by molar-refractivity contribution is 4.80. The molecule has 3 N–H and O–H groups in total. The van der Waals surface area contributed by atoms with Crippen LogP contribution in [-0.4, -0.2) is 18.8 Å². The number of nitrogens with two attached hydrogens (primary N) is 1. The van der Waals surface area contributed by atoms with Crippen molar-refractivity contribution in [2.24, 2.45) is 5.84 Å². The standard InChI is InChI=1S/C9H18N2O/c1-2-4-8(11-10)7-9-5-3-6-12-9/h2,8-9,11H,1,3-7,10H2. The summed E-state index contributed by atoms with van der Waals surface area (Å²) in [6.45, 7) is 4.60. The van der Waals surface area contributed by atoms with Crippen LogP contribution < -0.4 is 11.3 Å². The summed E-state index contributed by atoms with van der Waals surface area (Å²) in [6.07, 6.45) is 6.58. The number of hydrogen-bond acceptors (Lipinski definition) is 3. The fourth-order valence-electron chi connectivity index (χ4n) is 1.58. The van der Waals surface area contributed by atoms with Crippen LogP contribution in [0.1, 0.15) is 25.7 Å². The third kappa shape index (κ3) is 2.93. The van der Waals surface area contributed by atoms with Gasteiger partial charge in [-0.2, -0.15) is 0 Å². The van der Waals surface area contributed by atoms with Gasteiger partial charge < -0.3 is 4.74 Å². The van der Waals surface area contributed by atoms with Gasteiger partial charge in [0.2, 0.25) is 0 Å². The molecule has 1 aliphatic heterocycles.